The Bertz CT molecular complexity index is 1760. The third-order valence-electron chi connectivity index (χ3n) is 8.92. The number of carbonyl (C=O) groups excluding carboxylic acids is 2. The molecule has 0 aliphatic heterocycles. The Balaban J connectivity index is 1.56. The molecule has 0 saturated heterocycles. The summed E-state index contributed by atoms with van der Waals surface area (Å²) in [6, 6.07) is 31.3. The zero-order valence-electron chi connectivity index (χ0n) is 27.6. The van der Waals surface area contributed by atoms with E-state index in [-0.39, 0.29) is 35.7 Å². The monoisotopic (exact) mass is 685 g/mol. The van der Waals surface area contributed by atoms with E-state index in [0.717, 1.165) is 53.1 Å². The van der Waals surface area contributed by atoms with Crippen molar-refractivity contribution in [3.63, 3.8) is 0 Å². The van der Waals surface area contributed by atoms with Gasteiger partial charge in [0.05, 0.1) is 10.6 Å². The molecule has 1 aliphatic carbocycles. The maximum atomic E-state index is 14.7. The van der Waals surface area contributed by atoms with E-state index in [9.17, 15) is 18.0 Å². The second-order valence-electron chi connectivity index (χ2n) is 12.8. The fourth-order valence-electron chi connectivity index (χ4n) is 6.20. The third-order valence-corrected chi connectivity index (χ3v) is 10.9. The van der Waals surface area contributed by atoms with Crippen LogP contribution in [0.1, 0.15) is 68.6 Å². The molecule has 5 rings (SSSR count). The summed E-state index contributed by atoms with van der Waals surface area (Å²) in [7, 11) is -4.16. The van der Waals surface area contributed by atoms with Crippen molar-refractivity contribution >= 4 is 39.1 Å². The summed E-state index contributed by atoms with van der Waals surface area (Å²) in [6.45, 7) is 3.70. The fraction of sp³-hybridized carbons (Fsp3) is 0.333. The van der Waals surface area contributed by atoms with E-state index in [1.54, 1.807) is 48.5 Å². The van der Waals surface area contributed by atoms with Gasteiger partial charge >= 0.3 is 0 Å². The number of hydrogen-bond acceptors (Lipinski definition) is 4. The minimum Gasteiger partial charge on any atom is -0.352 e. The first-order chi connectivity index (χ1) is 23.1. The zero-order chi connectivity index (χ0) is 34.1. The lowest BCUT2D eigenvalue weighted by Crippen LogP contribution is -2.55. The van der Waals surface area contributed by atoms with E-state index in [1.807, 2.05) is 48.5 Å². The van der Waals surface area contributed by atoms with Crippen molar-refractivity contribution in [1.82, 2.24) is 10.2 Å². The summed E-state index contributed by atoms with van der Waals surface area (Å²) in [5, 5.41) is 3.74. The number of halogens is 1. The molecule has 0 radical (unpaired) electrons. The fourth-order valence-corrected chi connectivity index (χ4v) is 7.85. The molecule has 7 nitrogen and oxygen atoms in total. The predicted molar refractivity (Wildman–Crippen MR) is 192 cm³/mol. The summed E-state index contributed by atoms with van der Waals surface area (Å²) in [6.07, 6.45) is 5.27. The number of benzene rings is 4. The molecule has 2 amide bonds. The SMILES string of the molecule is CC(C)c1ccc(N(CC(=O)N(Cc2cccc(Cl)c2)[C@H](Cc2ccccc2)C(=O)NC2CCCCC2)S(=O)(=O)c2ccccc2)cc1. The van der Waals surface area contributed by atoms with Gasteiger partial charge in [0, 0.05) is 24.0 Å². The Kier molecular flexibility index (Phi) is 12.0. The van der Waals surface area contributed by atoms with Gasteiger partial charge in [-0.3, -0.25) is 13.9 Å². The molecule has 0 heterocycles. The summed E-state index contributed by atoms with van der Waals surface area (Å²) in [5.74, 6) is -0.503. The quantitative estimate of drug-likeness (QED) is 0.156. The number of anilines is 1. The molecule has 252 valence electrons. The van der Waals surface area contributed by atoms with E-state index in [2.05, 4.69) is 19.2 Å². The summed E-state index contributed by atoms with van der Waals surface area (Å²) < 4.78 is 29.6. The van der Waals surface area contributed by atoms with Crippen LogP contribution in [0.4, 0.5) is 5.69 Å². The van der Waals surface area contributed by atoms with Crippen LogP contribution >= 0.6 is 11.6 Å². The van der Waals surface area contributed by atoms with Crippen molar-refractivity contribution in [2.45, 2.75) is 81.8 Å². The molecule has 0 unspecified atom stereocenters. The molecule has 1 atom stereocenters. The van der Waals surface area contributed by atoms with Crippen LogP contribution in [0.2, 0.25) is 5.02 Å². The normalized spacial score (nSPS) is 14.3. The highest BCUT2D eigenvalue weighted by molar-refractivity contribution is 7.92. The van der Waals surface area contributed by atoms with Crippen LogP contribution in [-0.2, 0) is 32.6 Å². The molecule has 1 N–H and O–H groups in total. The number of rotatable bonds is 13. The number of nitrogens with zero attached hydrogens (tertiary/aromatic N) is 2. The van der Waals surface area contributed by atoms with Crippen LogP contribution in [0.15, 0.2) is 114 Å². The van der Waals surface area contributed by atoms with Gasteiger partial charge < -0.3 is 10.2 Å². The van der Waals surface area contributed by atoms with Gasteiger partial charge in [0.2, 0.25) is 11.8 Å². The van der Waals surface area contributed by atoms with E-state index >= 15 is 0 Å². The Morgan fingerprint density at radius 3 is 2.06 bits per heavy atom. The Morgan fingerprint density at radius 2 is 1.44 bits per heavy atom. The topological polar surface area (TPSA) is 86.8 Å². The Hall–Kier alpha value is -4.14. The van der Waals surface area contributed by atoms with Crippen molar-refractivity contribution < 1.29 is 18.0 Å². The first-order valence-electron chi connectivity index (χ1n) is 16.7. The van der Waals surface area contributed by atoms with Crippen LogP contribution in [-0.4, -0.2) is 43.8 Å². The van der Waals surface area contributed by atoms with Crippen molar-refractivity contribution in [2.75, 3.05) is 10.8 Å². The molecule has 1 fully saturated rings. The van der Waals surface area contributed by atoms with Gasteiger partial charge in [-0.15, -0.1) is 0 Å². The minimum atomic E-state index is -4.16. The van der Waals surface area contributed by atoms with Gasteiger partial charge in [-0.1, -0.05) is 118 Å². The van der Waals surface area contributed by atoms with Gasteiger partial charge in [-0.05, 0) is 71.8 Å². The highest BCUT2D eigenvalue weighted by atomic mass is 35.5. The third kappa shape index (κ3) is 9.05. The molecular formula is C39H44ClN3O4S. The lowest BCUT2D eigenvalue weighted by Gasteiger charge is -2.35. The molecule has 0 aromatic heterocycles. The summed E-state index contributed by atoms with van der Waals surface area (Å²) in [4.78, 5) is 30.5. The number of amides is 2. The summed E-state index contributed by atoms with van der Waals surface area (Å²) in [5.41, 5.74) is 3.04. The molecule has 4 aromatic carbocycles. The molecule has 48 heavy (non-hydrogen) atoms. The lowest BCUT2D eigenvalue weighted by atomic mass is 9.94. The largest absolute Gasteiger partial charge is 0.352 e. The molecule has 1 aliphatic rings. The minimum absolute atomic E-state index is 0.0297. The van der Waals surface area contributed by atoms with Crippen LogP contribution in [0, 0.1) is 0 Å². The van der Waals surface area contributed by atoms with Crippen molar-refractivity contribution in [3.05, 3.63) is 131 Å². The number of nitrogens with one attached hydrogen (secondary N) is 1. The summed E-state index contributed by atoms with van der Waals surface area (Å²) >= 11 is 6.37. The van der Waals surface area contributed by atoms with Crippen LogP contribution in [0.5, 0.6) is 0 Å². The Morgan fingerprint density at radius 1 is 0.812 bits per heavy atom. The highest BCUT2D eigenvalue weighted by Gasteiger charge is 2.35. The van der Waals surface area contributed by atoms with Crippen molar-refractivity contribution in [1.29, 1.82) is 0 Å². The maximum absolute atomic E-state index is 14.7. The standard InChI is InChI=1S/C39H44ClN3O4S/c1-29(2)32-21-23-35(24-22-32)43(48(46,47)36-19-10-5-11-20-36)28-38(44)42(27-31-15-12-16-33(40)25-31)37(26-30-13-6-3-7-14-30)39(45)41-34-17-8-4-9-18-34/h3,5-7,10-16,19-25,29,34,37H,4,8-9,17-18,26-28H2,1-2H3,(H,41,45)/t37-/m1/s1. The molecule has 0 spiro atoms. The maximum Gasteiger partial charge on any atom is 0.264 e. The van der Waals surface area contributed by atoms with Gasteiger partial charge in [-0.25, -0.2) is 8.42 Å². The predicted octanol–water partition coefficient (Wildman–Crippen LogP) is 7.75. The molecule has 9 heteroatoms. The van der Waals surface area contributed by atoms with Crippen LogP contribution in [0.25, 0.3) is 0 Å². The first-order valence-corrected chi connectivity index (χ1v) is 18.5. The van der Waals surface area contributed by atoms with E-state index in [4.69, 9.17) is 11.6 Å². The zero-order valence-corrected chi connectivity index (χ0v) is 29.2. The number of hydrogen-bond donors (Lipinski definition) is 1. The smallest absolute Gasteiger partial charge is 0.264 e. The van der Waals surface area contributed by atoms with Crippen LogP contribution in [0.3, 0.4) is 0 Å². The number of carbonyl (C=O) groups is 2. The second-order valence-corrected chi connectivity index (χ2v) is 15.1. The molecule has 1 saturated carbocycles. The molecule has 0 bridgehead atoms. The van der Waals surface area contributed by atoms with Gasteiger partial charge in [0.15, 0.2) is 0 Å². The van der Waals surface area contributed by atoms with Gasteiger partial charge in [0.1, 0.15) is 12.6 Å². The van der Waals surface area contributed by atoms with Crippen LogP contribution < -0.4 is 9.62 Å². The molecule has 4 aromatic rings. The van der Waals surface area contributed by atoms with Gasteiger partial charge in [-0.2, -0.15) is 0 Å². The van der Waals surface area contributed by atoms with Crippen molar-refractivity contribution in [2.24, 2.45) is 0 Å². The first kappa shape index (κ1) is 35.2. The second kappa shape index (κ2) is 16.3. The van der Waals surface area contributed by atoms with E-state index < -0.39 is 28.5 Å². The average Bonchev–Trinajstić information content (AvgIpc) is 3.10. The van der Waals surface area contributed by atoms with Gasteiger partial charge in [0.25, 0.3) is 10.0 Å². The number of sulfonamides is 1. The molecular weight excluding hydrogens is 642 g/mol. The van der Waals surface area contributed by atoms with Crippen molar-refractivity contribution in [3.8, 4) is 0 Å². The average molecular weight is 686 g/mol. The van der Waals surface area contributed by atoms with E-state index in [0.29, 0.717) is 10.7 Å². The Labute approximate surface area is 290 Å². The van der Waals surface area contributed by atoms with E-state index in [1.165, 1.54) is 17.0 Å². The lowest BCUT2D eigenvalue weighted by molar-refractivity contribution is -0.140. The highest BCUT2D eigenvalue weighted by Crippen LogP contribution is 2.27.